The van der Waals surface area contributed by atoms with Crippen molar-refractivity contribution < 1.29 is 4.79 Å². The lowest BCUT2D eigenvalue weighted by Crippen LogP contribution is -2.44. The van der Waals surface area contributed by atoms with Gasteiger partial charge in [-0.15, -0.1) is 5.10 Å². The average Bonchev–Trinajstić information content (AvgIpc) is 3.47. The van der Waals surface area contributed by atoms with E-state index in [4.69, 9.17) is 0 Å². The second-order valence-corrected chi connectivity index (χ2v) is 8.82. The largest absolute Gasteiger partial charge is 0.356 e. The van der Waals surface area contributed by atoms with Crippen LogP contribution in [-0.4, -0.2) is 60.5 Å². The number of hydrogen-bond acceptors (Lipinski definition) is 5. The van der Waals surface area contributed by atoms with Crippen molar-refractivity contribution in [2.24, 2.45) is 5.92 Å². The van der Waals surface area contributed by atoms with E-state index in [1.165, 1.54) is 29.5 Å². The molecular formula is C22H29N7O. The second-order valence-electron chi connectivity index (χ2n) is 8.82. The number of para-hydroxylation sites is 1. The summed E-state index contributed by atoms with van der Waals surface area (Å²) in [6.45, 7) is 8.13. The summed E-state index contributed by atoms with van der Waals surface area (Å²) in [5.74, 6) is 1.15. The van der Waals surface area contributed by atoms with Crippen molar-refractivity contribution in [2.75, 3.05) is 19.6 Å². The Morgan fingerprint density at radius 2 is 2.00 bits per heavy atom. The first-order valence-corrected chi connectivity index (χ1v) is 11.0. The molecule has 1 saturated heterocycles. The number of aromatic nitrogens is 5. The number of tetrazole rings is 1. The first-order valence-electron chi connectivity index (χ1n) is 11.0. The van der Waals surface area contributed by atoms with Crippen LogP contribution >= 0.6 is 0 Å². The first kappa shape index (κ1) is 19.2. The number of likely N-dealkylation sites (tertiary alicyclic amines) is 1. The molecule has 8 heteroatoms. The SMILES string of the molecule is CC(C)[C@@H]1c2[nH]c3ccccc3c2CCN1C(=O)Cn1nnnc1CN1CCCC1. The maximum absolute atomic E-state index is 13.4. The molecule has 30 heavy (non-hydrogen) atoms. The zero-order chi connectivity index (χ0) is 20.7. The van der Waals surface area contributed by atoms with E-state index in [2.05, 4.69) is 63.5 Å². The van der Waals surface area contributed by atoms with E-state index in [9.17, 15) is 4.79 Å². The molecule has 0 spiro atoms. The van der Waals surface area contributed by atoms with Gasteiger partial charge < -0.3 is 9.88 Å². The van der Waals surface area contributed by atoms with Gasteiger partial charge in [-0.2, -0.15) is 0 Å². The number of benzene rings is 1. The van der Waals surface area contributed by atoms with Gasteiger partial charge in [0.25, 0.3) is 0 Å². The van der Waals surface area contributed by atoms with Crippen molar-refractivity contribution in [1.82, 2.24) is 35.0 Å². The maximum atomic E-state index is 13.4. The van der Waals surface area contributed by atoms with Gasteiger partial charge in [-0.1, -0.05) is 32.0 Å². The second kappa shape index (κ2) is 7.83. The van der Waals surface area contributed by atoms with E-state index in [0.717, 1.165) is 37.4 Å². The van der Waals surface area contributed by atoms with Crippen LogP contribution < -0.4 is 0 Å². The van der Waals surface area contributed by atoms with Gasteiger partial charge in [0.15, 0.2) is 5.82 Å². The number of H-pyrrole nitrogens is 1. The van der Waals surface area contributed by atoms with Crippen molar-refractivity contribution in [3.8, 4) is 0 Å². The molecule has 0 unspecified atom stereocenters. The molecule has 1 amide bonds. The number of nitrogens with one attached hydrogen (secondary N) is 1. The fourth-order valence-electron chi connectivity index (χ4n) is 5.06. The fraction of sp³-hybridized carbons (Fsp3) is 0.545. The number of carbonyl (C=O) groups is 1. The maximum Gasteiger partial charge on any atom is 0.245 e. The van der Waals surface area contributed by atoms with Gasteiger partial charge >= 0.3 is 0 Å². The molecule has 158 valence electrons. The van der Waals surface area contributed by atoms with Crippen molar-refractivity contribution >= 4 is 16.8 Å². The Hall–Kier alpha value is -2.74. The number of hydrogen-bond donors (Lipinski definition) is 1. The van der Waals surface area contributed by atoms with Crippen molar-refractivity contribution in [3.63, 3.8) is 0 Å². The van der Waals surface area contributed by atoms with E-state index in [1.54, 1.807) is 4.68 Å². The summed E-state index contributed by atoms with van der Waals surface area (Å²) in [7, 11) is 0. The molecule has 2 aliphatic rings. The van der Waals surface area contributed by atoms with Crippen LogP contribution in [0.15, 0.2) is 24.3 Å². The van der Waals surface area contributed by atoms with Gasteiger partial charge in [-0.05, 0) is 60.3 Å². The molecular weight excluding hydrogens is 378 g/mol. The highest BCUT2D eigenvalue weighted by molar-refractivity contribution is 5.86. The molecule has 2 aliphatic heterocycles. The Kier molecular flexibility index (Phi) is 5.02. The molecule has 0 radical (unpaired) electrons. The predicted molar refractivity (Wildman–Crippen MR) is 114 cm³/mol. The predicted octanol–water partition coefficient (Wildman–Crippen LogP) is 2.53. The summed E-state index contributed by atoms with van der Waals surface area (Å²) in [4.78, 5) is 21.3. The highest BCUT2D eigenvalue weighted by atomic mass is 16.2. The highest BCUT2D eigenvalue weighted by Gasteiger charge is 2.35. The summed E-state index contributed by atoms with van der Waals surface area (Å²) < 4.78 is 1.68. The molecule has 1 aromatic carbocycles. The molecule has 1 atom stereocenters. The van der Waals surface area contributed by atoms with E-state index < -0.39 is 0 Å². The van der Waals surface area contributed by atoms with Crippen LogP contribution in [0.3, 0.4) is 0 Å². The Morgan fingerprint density at radius 3 is 2.80 bits per heavy atom. The van der Waals surface area contributed by atoms with Crippen LogP contribution in [0.1, 0.15) is 49.8 Å². The highest BCUT2D eigenvalue weighted by Crippen LogP contribution is 2.38. The molecule has 1 fully saturated rings. The van der Waals surface area contributed by atoms with Gasteiger partial charge in [0, 0.05) is 23.1 Å². The number of fused-ring (bicyclic) bond motifs is 3. The lowest BCUT2D eigenvalue weighted by atomic mass is 9.90. The molecule has 4 heterocycles. The molecule has 5 rings (SSSR count). The van der Waals surface area contributed by atoms with Gasteiger partial charge in [0.2, 0.25) is 5.91 Å². The summed E-state index contributed by atoms with van der Waals surface area (Å²) in [5.41, 5.74) is 3.68. The minimum atomic E-state index is 0.0344. The average molecular weight is 408 g/mol. The minimum absolute atomic E-state index is 0.0344. The number of rotatable bonds is 5. The normalized spacial score (nSPS) is 19.7. The van der Waals surface area contributed by atoms with Gasteiger partial charge in [-0.25, -0.2) is 4.68 Å². The Balaban J connectivity index is 1.39. The lowest BCUT2D eigenvalue weighted by Gasteiger charge is -2.38. The summed E-state index contributed by atoms with van der Waals surface area (Å²) in [6, 6.07) is 8.45. The van der Waals surface area contributed by atoms with Crippen LogP contribution in [0, 0.1) is 5.92 Å². The van der Waals surface area contributed by atoms with Crippen molar-refractivity contribution in [2.45, 2.75) is 52.2 Å². The summed E-state index contributed by atoms with van der Waals surface area (Å²) in [6.07, 6.45) is 3.30. The van der Waals surface area contributed by atoms with Crippen LogP contribution in [0.25, 0.3) is 10.9 Å². The zero-order valence-electron chi connectivity index (χ0n) is 17.7. The van der Waals surface area contributed by atoms with Gasteiger partial charge in [0.1, 0.15) is 6.54 Å². The lowest BCUT2D eigenvalue weighted by molar-refractivity contribution is -0.136. The number of nitrogens with zero attached hydrogens (tertiary/aromatic N) is 6. The molecule has 8 nitrogen and oxygen atoms in total. The van der Waals surface area contributed by atoms with Gasteiger partial charge in [0.05, 0.1) is 12.6 Å². The molecule has 0 saturated carbocycles. The van der Waals surface area contributed by atoms with E-state index >= 15 is 0 Å². The van der Waals surface area contributed by atoms with E-state index in [-0.39, 0.29) is 18.5 Å². The fourth-order valence-corrected chi connectivity index (χ4v) is 5.06. The monoisotopic (exact) mass is 407 g/mol. The third-order valence-corrected chi connectivity index (χ3v) is 6.49. The van der Waals surface area contributed by atoms with Crippen LogP contribution in [0.4, 0.5) is 0 Å². The molecule has 3 aromatic rings. The Labute approximate surface area is 176 Å². The third-order valence-electron chi connectivity index (χ3n) is 6.49. The van der Waals surface area contributed by atoms with E-state index in [1.807, 2.05) is 4.90 Å². The number of amides is 1. The third kappa shape index (κ3) is 3.39. The first-order chi connectivity index (χ1) is 14.6. The zero-order valence-corrected chi connectivity index (χ0v) is 17.7. The topological polar surface area (TPSA) is 82.9 Å². The molecule has 2 aromatic heterocycles. The number of aromatic amines is 1. The standard InChI is InChI=1S/C22H29N7O/c1-15(2)22-21-17(16-7-3-4-8-18(16)23-21)9-12-28(22)20(30)14-29-19(24-25-26-29)13-27-10-5-6-11-27/h3-4,7-8,15,22-23H,5-6,9-14H2,1-2H3/t22-/m1/s1. The summed E-state index contributed by atoms with van der Waals surface area (Å²) in [5, 5.41) is 13.4. The van der Waals surface area contributed by atoms with Crippen molar-refractivity contribution in [3.05, 3.63) is 41.3 Å². The Morgan fingerprint density at radius 1 is 1.20 bits per heavy atom. The van der Waals surface area contributed by atoms with Crippen LogP contribution in [0.5, 0.6) is 0 Å². The van der Waals surface area contributed by atoms with Gasteiger partial charge in [-0.3, -0.25) is 9.69 Å². The quantitative estimate of drug-likeness (QED) is 0.703. The molecule has 0 bridgehead atoms. The van der Waals surface area contributed by atoms with E-state index in [0.29, 0.717) is 12.5 Å². The Bertz CT molecular complexity index is 1050. The van der Waals surface area contributed by atoms with Crippen LogP contribution in [0.2, 0.25) is 0 Å². The molecule has 0 aliphatic carbocycles. The number of carbonyl (C=O) groups excluding carboxylic acids is 1. The minimum Gasteiger partial charge on any atom is -0.356 e. The smallest absolute Gasteiger partial charge is 0.245 e. The van der Waals surface area contributed by atoms with Crippen LogP contribution in [-0.2, 0) is 24.3 Å². The molecule has 1 N–H and O–H groups in total. The van der Waals surface area contributed by atoms with Crippen molar-refractivity contribution in [1.29, 1.82) is 0 Å². The summed E-state index contributed by atoms with van der Waals surface area (Å²) >= 11 is 0.